The van der Waals surface area contributed by atoms with Crippen molar-refractivity contribution in [1.29, 1.82) is 0 Å². The third kappa shape index (κ3) is 3.82. The Labute approximate surface area is 147 Å². The summed E-state index contributed by atoms with van der Waals surface area (Å²) in [5.74, 6) is -0.719. The van der Waals surface area contributed by atoms with E-state index in [0.29, 0.717) is 11.3 Å². The summed E-state index contributed by atoms with van der Waals surface area (Å²) in [6.07, 6.45) is 4.34. The van der Waals surface area contributed by atoms with Gasteiger partial charge in [0.05, 0.1) is 16.2 Å². The molecule has 1 aliphatic heterocycles. The molecule has 2 aromatic rings. The molecule has 5 heteroatoms. The topological polar surface area (TPSA) is 71.4 Å². The predicted octanol–water partition coefficient (Wildman–Crippen LogP) is 4.06. The van der Waals surface area contributed by atoms with Crippen LogP contribution in [0.2, 0.25) is 0 Å². The van der Waals surface area contributed by atoms with Gasteiger partial charge in [-0.2, -0.15) is 0 Å². The number of rotatable bonds is 3. The summed E-state index contributed by atoms with van der Waals surface area (Å²) in [6, 6.07) is 12.2. The number of aryl methyl sites for hydroxylation is 1. The average Bonchev–Trinajstić information content (AvgIpc) is 2.73. The molecule has 0 aromatic heterocycles. The summed E-state index contributed by atoms with van der Waals surface area (Å²) in [5.41, 5.74) is 4.05. The zero-order valence-corrected chi connectivity index (χ0v) is 14.8. The number of carboxylic acid groups (broad SMARTS) is 1. The van der Waals surface area contributed by atoms with Gasteiger partial charge in [0, 0.05) is 0 Å². The SMILES string of the molecule is CC(=Cc1ccc(C(=O)O)cc1)c1ccc2c(c1)CCCCS2(=O)=O. The molecular weight excluding hydrogens is 336 g/mol. The van der Waals surface area contributed by atoms with Crippen molar-refractivity contribution in [2.75, 3.05) is 5.75 Å². The largest absolute Gasteiger partial charge is 0.478 e. The fourth-order valence-corrected chi connectivity index (χ4v) is 4.74. The first-order valence-corrected chi connectivity index (χ1v) is 9.90. The third-order valence-electron chi connectivity index (χ3n) is 4.50. The van der Waals surface area contributed by atoms with E-state index in [-0.39, 0.29) is 11.3 Å². The highest BCUT2D eigenvalue weighted by molar-refractivity contribution is 7.91. The minimum atomic E-state index is -3.17. The highest BCUT2D eigenvalue weighted by atomic mass is 32.2. The van der Waals surface area contributed by atoms with E-state index in [9.17, 15) is 13.2 Å². The lowest BCUT2D eigenvalue weighted by molar-refractivity contribution is 0.0697. The summed E-state index contributed by atoms with van der Waals surface area (Å²) in [6.45, 7) is 1.97. The van der Waals surface area contributed by atoms with Crippen molar-refractivity contribution in [1.82, 2.24) is 0 Å². The van der Waals surface area contributed by atoms with Crippen LogP contribution in [-0.4, -0.2) is 25.2 Å². The Hall–Kier alpha value is -2.40. The number of hydrogen-bond acceptors (Lipinski definition) is 3. The quantitative estimate of drug-likeness (QED) is 0.842. The van der Waals surface area contributed by atoms with Crippen LogP contribution in [0, 0.1) is 0 Å². The van der Waals surface area contributed by atoms with Gasteiger partial charge in [-0.1, -0.05) is 30.3 Å². The highest BCUT2D eigenvalue weighted by Crippen LogP contribution is 2.28. The molecule has 1 aliphatic rings. The third-order valence-corrected chi connectivity index (χ3v) is 6.40. The molecule has 0 bridgehead atoms. The fraction of sp³-hybridized carbons (Fsp3) is 0.250. The molecule has 0 spiro atoms. The summed E-state index contributed by atoms with van der Waals surface area (Å²) in [7, 11) is -3.17. The van der Waals surface area contributed by atoms with E-state index in [0.717, 1.165) is 35.1 Å². The van der Waals surface area contributed by atoms with Crippen molar-refractivity contribution >= 4 is 27.5 Å². The predicted molar refractivity (Wildman–Crippen MR) is 98.4 cm³/mol. The number of fused-ring (bicyclic) bond motifs is 1. The van der Waals surface area contributed by atoms with Crippen LogP contribution in [0.1, 0.15) is 46.8 Å². The lowest BCUT2D eigenvalue weighted by Gasteiger charge is -2.10. The molecule has 3 rings (SSSR count). The summed E-state index contributed by atoms with van der Waals surface area (Å²) in [5, 5.41) is 8.95. The second-order valence-electron chi connectivity index (χ2n) is 6.35. The van der Waals surface area contributed by atoms with Crippen molar-refractivity contribution in [3.05, 3.63) is 64.7 Å². The van der Waals surface area contributed by atoms with Crippen LogP contribution >= 0.6 is 0 Å². The standard InChI is InChI=1S/C20H20O4S/c1-14(12-15-5-7-16(8-6-15)20(21)22)17-9-10-19-18(13-17)4-2-3-11-25(19,23)24/h5-10,12-13H,2-4,11H2,1H3,(H,21,22). The molecule has 4 nitrogen and oxygen atoms in total. The number of aromatic carboxylic acids is 1. The molecule has 0 saturated carbocycles. The molecule has 0 unspecified atom stereocenters. The molecule has 25 heavy (non-hydrogen) atoms. The maximum Gasteiger partial charge on any atom is 0.335 e. The number of allylic oxidation sites excluding steroid dienone is 1. The molecule has 0 aliphatic carbocycles. The van der Waals surface area contributed by atoms with Crippen LogP contribution < -0.4 is 0 Å². The second kappa shape index (κ2) is 6.84. The Kier molecular flexibility index (Phi) is 4.77. The maximum absolute atomic E-state index is 12.3. The number of carboxylic acids is 1. The lowest BCUT2D eigenvalue weighted by atomic mass is 9.99. The minimum Gasteiger partial charge on any atom is -0.478 e. The van der Waals surface area contributed by atoms with Crippen molar-refractivity contribution < 1.29 is 18.3 Å². The van der Waals surface area contributed by atoms with Crippen LogP contribution in [0.25, 0.3) is 11.6 Å². The van der Waals surface area contributed by atoms with Gasteiger partial charge in [-0.25, -0.2) is 13.2 Å². The van der Waals surface area contributed by atoms with E-state index < -0.39 is 15.8 Å². The number of sulfone groups is 1. The van der Waals surface area contributed by atoms with E-state index in [2.05, 4.69) is 0 Å². The van der Waals surface area contributed by atoms with E-state index in [1.54, 1.807) is 30.3 Å². The van der Waals surface area contributed by atoms with Gasteiger partial charge in [-0.05, 0) is 66.6 Å². The van der Waals surface area contributed by atoms with Gasteiger partial charge in [0.15, 0.2) is 9.84 Å². The zero-order chi connectivity index (χ0) is 18.0. The zero-order valence-electron chi connectivity index (χ0n) is 14.0. The van der Waals surface area contributed by atoms with Crippen LogP contribution in [0.5, 0.6) is 0 Å². The molecular formula is C20H20O4S. The Morgan fingerprint density at radius 3 is 2.40 bits per heavy atom. The van der Waals surface area contributed by atoms with Crippen LogP contribution in [0.3, 0.4) is 0 Å². The Morgan fingerprint density at radius 1 is 1.04 bits per heavy atom. The smallest absolute Gasteiger partial charge is 0.335 e. The molecule has 0 radical (unpaired) electrons. The fourth-order valence-electron chi connectivity index (χ4n) is 3.10. The summed E-state index contributed by atoms with van der Waals surface area (Å²) < 4.78 is 24.6. The van der Waals surface area contributed by atoms with Crippen molar-refractivity contribution in [2.24, 2.45) is 0 Å². The number of benzene rings is 2. The molecule has 1 heterocycles. The highest BCUT2D eigenvalue weighted by Gasteiger charge is 2.21. The van der Waals surface area contributed by atoms with Crippen molar-refractivity contribution in [3.8, 4) is 0 Å². The Bertz CT molecular complexity index is 938. The molecule has 0 saturated heterocycles. The molecule has 0 amide bonds. The Morgan fingerprint density at radius 2 is 1.72 bits per heavy atom. The van der Waals surface area contributed by atoms with Gasteiger partial charge < -0.3 is 5.11 Å². The first kappa shape index (κ1) is 17.4. The van der Waals surface area contributed by atoms with Gasteiger partial charge in [-0.15, -0.1) is 0 Å². The van der Waals surface area contributed by atoms with Crippen molar-refractivity contribution in [3.63, 3.8) is 0 Å². The molecule has 1 N–H and O–H groups in total. The van der Waals surface area contributed by atoms with Gasteiger partial charge in [0.2, 0.25) is 0 Å². The van der Waals surface area contributed by atoms with E-state index in [1.807, 2.05) is 25.1 Å². The normalized spacial score (nSPS) is 16.8. The first-order valence-electron chi connectivity index (χ1n) is 8.24. The molecule has 0 atom stereocenters. The number of hydrogen-bond donors (Lipinski definition) is 1. The van der Waals surface area contributed by atoms with Gasteiger partial charge in [0.25, 0.3) is 0 Å². The lowest BCUT2D eigenvalue weighted by Crippen LogP contribution is -2.06. The van der Waals surface area contributed by atoms with Gasteiger partial charge in [0.1, 0.15) is 0 Å². The van der Waals surface area contributed by atoms with E-state index >= 15 is 0 Å². The minimum absolute atomic E-state index is 0.226. The van der Waals surface area contributed by atoms with E-state index in [4.69, 9.17) is 5.11 Å². The molecule has 130 valence electrons. The van der Waals surface area contributed by atoms with Crippen LogP contribution in [0.15, 0.2) is 47.4 Å². The summed E-state index contributed by atoms with van der Waals surface area (Å²) in [4.78, 5) is 11.4. The van der Waals surface area contributed by atoms with Crippen LogP contribution in [-0.2, 0) is 16.3 Å². The molecule has 2 aromatic carbocycles. The second-order valence-corrected chi connectivity index (χ2v) is 8.43. The van der Waals surface area contributed by atoms with Crippen LogP contribution in [0.4, 0.5) is 0 Å². The van der Waals surface area contributed by atoms with Gasteiger partial charge >= 0.3 is 5.97 Å². The Balaban J connectivity index is 1.93. The van der Waals surface area contributed by atoms with Crippen molar-refractivity contribution in [2.45, 2.75) is 31.1 Å². The average molecular weight is 356 g/mol. The van der Waals surface area contributed by atoms with Gasteiger partial charge in [-0.3, -0.25) is 0 Å². The molecule has 0 fully saturated rings. The monoisotopic (exact) mass is 356 g/mol. The van der Waals surface area contributed by atoms with E-state index in [1.165, 1.54) is 0 Å². The first-order chi connectivity index (χ1) is 11.9. The number of carbonyl (C=O) groups is 1. The summed E-state index contributed by atoms with van der Waals surface area (Å²) >= 11 is 0. The maximum atomic E-state index is 12.3.